The van der Waals surface area contributed by atoms with Gasteiger partial charge in [0.15, 0.2) is 0 Å². The van der Waals surface area contributed by atoms with Crippen LogP contribution in [0.3, 0.4) is 0 Å². The zero-order chi connectivity index (χ0) is 14.8. The first-order valence-corrected chi connectivity index (χ1v) is 5.56. The fraction of sp³-hybridized carbons (Fsp3) is 0.800. The molecule has 1 heterocycles. The van der Waals surface area contributed by atoms with Gasteiger partial charge in [0.2, 0.25) is 5.54 Å². The summed E-state index contributed by atoms with van der Waals surface area (Å²) in [6.45, 7) is 2.53. The third-order valence-corrected chi connectivity index (χ3v) is 2.98. The Morgan fingerprint density at radius 2 is 2.00 bits per heavy atom. The maximum absolute atomic E-state index is 12.7. The van der Waals surface area contributed by atoms with Crippen LogP contribution in [-0.4, -0.2) is 59.5 Å². The van der Waals surface area contributed by atoms with Crippen molar-refractivity contribution in [2.24, 2.45) is 0 Å². The summed E-state index contributed by atoms with van der Waals surface area (Å²) >= 11 is 0. The lowest BCUT2D eigenvalue weighted by molar-refractivity contribution is -0.203. The van der Waals surface area contributed by atoms with Crippen LogP contribution in [0.15, 0.2) is 0 Å². The number of rotatable bonds is 2. The predicted molar refractivity (Wildman–Crippen MR) is 57.6 cm³/mol. The van der Waals surface area contributed by atoms with E-state index in [1.165, 1.54) is 5.32 Å². The second kappa shape index (κ2) is 5.24. The zero-order valence-corrected chi connectivity index (χ0v) is 10.5. The lowest BCUT2D eigenvalue weighted by Gasteiger charge is -2.36. The third-order valence-electron chi connectivity index (χ3n) is 2.98. The fourth-order valence-electron chi connectivity index (χ4n) is 1.56. The van der Waals surface area contributed by atoms with Gasteiger partial charge in [-0.3, -0.25) is 0 Å². The number of hydrogen-bond acceptors (Lipinski definition) is 3. The SMILES string of the molecule is CC1COCCN1C(=O)NC(C)(C(=O)O)C(F)(F)F. The second-order valence-corrected chi connectivity index (χ2v) is 4.48. The minimum atomic E-state index is -5.09. The number of halogens is 3. The van der Waals surface area contributed by atoms with E-state index >= 15 is 0 Å². The van der Waals surface area contributed by atoms with Gasteiger partial charge < -0.3 is 20.1 Å². The van der Waals surface area contributed by atoms with Crippen LogP contribution >= 0.6 is 0 Å². The number of nitrogens with one attached hydrogen (secondary N) is 1. The molecule has 0 spiro atoms. The summed E-state index contributed by atoms with van der Waals surface area (Å²) in [6.07, 6.45) is -5.09. The second-order valence-electron chi connectivity index (χ2n) is 4.48. The molecule has 2 N–H and O–H groups in total. The summed E-state index contributed by atoms with van der Waals surface area (Å²) in [5.41, 5.74) is -3.32. The molecule has 0 aliphatic carbocycles. The molecule has 0 bridgehead atoms. The molecule has 6 nitrogen and oxygen atoms in total. The maximum atomic E-state index is 12.7. The van der Waals surface area contributed by atoms with Gasteiger partial charge in [-0.25, -0.2) is 9.59 Å². The van der Waals surface area contributed by atoms with Crippen molar-refractivity contribution in [3.8, 4) is 0 Å². The van der Waals surface area contributed by atoms with Gasteiger partial charge in [-0.15, -0.1) is 0 Å². The lowest BCUT2D eigenvalue weighted by Crippen LogP contribution is -2.65. The average Bonchev–Trinajstić information content (AvgIpc) is 2.27. The van der Waals surface area contributed by atoms with Crippen molar-refractivity contribution in [2.45, 2.75) is 31.6 Å². The van der Waals surface area contributed by atoms with Crippen LogP contribution in [0.4, 0.5) is 18.0 Å². The van der Waals surface area contributed by atoms with Gasteiger partial charge in [-0.2, -0.15) is 13.2 Å². The molecule has 19 heavy (non-hydrogen) atoms. The minimum absolute atomic E-state index is 0.112. The van der Waals surface area contributed by atoms with Crippen molar-refractivity contribution in [3.05, 3.63) is 0 Å². The molecule has 110 valence electrons. The lowest BCUT2D eigenvalue weighted by atomic mass is 10.0. The van der Waals surface area contributed by atoms with Gasteiger partial charge in [0.1, 0.15) is 0 Å². The van der Waals surface area contributed by atoms with E-state index in [-0.39, 0.29) is 19.8 Å². The summed E-state index contributed by atoms with van der Waals surface area (Å²) in [7, 11) is 0. The van der Waals surface area contributed by atoms with Crippen molar-refractivity contribution in [3.63, 3.8) is 0 Å². The molecule has 1 aliphatic rings. The Kier molecular flexibility index (Phi) is 4.28. The molecule has 1 fully saturated rings. The molecule has 1 rings (SSSR count). The molecule has 0 aromatic heterocycles. The number of alkyl halides is 3. The van der Waals surface area contributed by atoms with Crippen LogP contribution in [-0.2, 0) is 9.53 Å². The molecular formula is C10H15F3N2O4. The predicted octanol–water partition coefficient (Wildman–Crippen LogP) is 0.822. The van der Waals surface area contributed by atoms with Gasteiger partial charge >= 0.3 is 18.2 Å². The normalized spacial score (nSPS) is 23.6. The molecular weight excluding hydrogens is 269 g/mol. The summed E-state index contributed by atoms with van der Waals surface area (Å²) in [6, 6.07) is -1.49. The fourth-order valence-corrected chi connectivity index (χ4v) is 1.56. The Bertz CT molecular complexity index is 374. The molecule has 1 aliphatic heterocycles. The standard InChI is InChI=1S/C10H15F3N2O4/c1-6-5-19-4-3-15(6)8(18)14-9(2,7(16)17)10(11,12)13/h6H,3-5H2,1-2H3,(H,14,18)(H,16,17). The zero-order valence-electron chi connectivity index (χ0n) is 10.5. The molecule has 2 amide bonds. The van der Waals surface area contributed by atoms with Crippen LogP contribution < -0.4 is 5.32 Å². The van der Waals surface area contributed by atoms with E-state index in [9.17, 15) is 22.8 Å². The van der Waals surface area contributed by atoms with Crippen molar-refractivity contribution < 1.29 is 32.6 Å². The summed E-state index contributed by atoms with van der Waals surface area (Å²) in [4.78, 5) is 23.7. The minimum Gasteiger partial charge on any atom is -0.479 e. The molecule has 2 unspecified atom stereocenters. The first kappa shape index (κ1) is 15.5. The number of hydrogen-bond donors (Lipinski definition) is 2. The number of carbonyl (C=O) groups is 2. The first-order valence-electron chi connectivity index (χ1n) is 5.56. The van der Waals surface area contributed by atoms with E-state index in [2.05, 4.69) is 0 Å². The first-order chi connectivity index (χ1) is 8.59. The smallest absolute Gasteiger partial charge is 0.422 e. The Morgan fingerprint density at radius 3 is 2.42 bits per heavy atom. The Balaban J connectivity index is 2.86. The van der Waals surface area contributed by atoms with E-state index in [0.717, 1.165) is 4.90 Å². The van der Waals surface area contributed by atoms with Gasteiger partial charge in [0.25, 0.3) is 0 Å². The van der Waals surface area contributed by atoms with E-state index < -0.39 is 29.8 Å². The van der Waals surface area contributed by atoms with Crippen LogP contribution in [0, 0.1) is 0 Å². The van der Waals surface area contributed by atoms with Crippen LogP contribution in [0.5, 0.6) is 0 Å². The van der Waals surface area contributed by atoms with E-state index in [1.54, 1.807) is 6.92 Å². The number of nitrogens with zero attached hydrogens (tertiary/aromatic N) is 1. The van der Waals surface area contributed by atoms with Crippen molar-refractivity contribution >= 4 is 12.0 Å². The molecule has 0 radical (unpaired) electrons. The number of carboxylic acid groups (broad SMARTS) is 1. The van der Waals surface area contributed by atoms with Crippen LogP contribution in [0.1, 0.15) is 13.8 Å². The third kappa shape index (κ3) is 3.09. The average molecular weight is 284 g/mol. The monoisotopic (exact) mass is 284 g/mol. The van der Waals surface area contributed by atoms with Crippen molar-refractivity contribution in [1.82, 2.24) is 10.2 Å². The molecule has 2 atom stereocenters. The highest BCUT2D eigenvalue weighted by Gasteiger charge is 2.59. The van der Waals surface area contributed by atoms with E-state index in [1.807, 2.05) is 0 Å². The Labute approximate surface area is 107 Å². The number of carbonyl (C=O) groups excluding carboxylic acids is 1. The van der Waals surface area contributed by atoms with Gasteiger partial charge in [0.05, 0.1) is 19.3 Å². The van der Waals surface area contributed by atoms with E-state index in [4.69, 9.17) is 9.84 Å². The van der Waals surface area contributed by atoms with Crippen LogP contribution in [0.25, 0.3) is 0 Å². The van der Waals surface area contributed by atoms with Crippen molar-refractivity contribution in [1.29, 1.82) is 0 Å². The van der Waals surface area contributed by atoms with Crippen LogP contribution in [0.2, 0.25) is 0 Å². The molecule has 0 saturated carbocycles. The Hall–Kier alpha value is -1.51. The van der Waals surface area contributed by atoms with Gasteiger partial charge in [-0.05, 0) is 13.8 Å². The highest BCUT2D eigenvalue weighted by atomic mass is 19.4. The summed E-state index contributed by atoms with van der Waals surface area (Å²) in [5, 5.41) is 10.2. The van der Waals surface area contributed by atoms with Gasteiger partial charge in [-0.1, -0.05) is 0 Å². The highest BCUT2D eigenvalue weighted by molar-refractivity contribution is 5.87. The topological polar surface area (TPSA) is 78.9 Å². The molecule has 1 saturated heterocycles. The number of amides is 2. The number of aliphatic carboxylic acids is 1. The number of morpholine rings is 1. The maximum Gasteiger partial charge on any atom is 0.422 e. The molecule has 0 aromatic carbocycles. The van der Waals surface area contributed by atoms with Gasteiger partial charge in [0, 0.05) is 6.54 Å². The summed E-state index contributed by atoms with van der Waals surface area (Å²) < 4.78 is 43.3. The number of carboxylic acids is 1. The van der Waals surface area contributed by atoms with Crippen molar-refractivity contribution in [2.75, 3.05) is 19.8 Å². The number of ether oxygens (including phenoxy) is 1. The highest BCUT2D eigenvalue weighted by Crippen LogP contribution is 2.30. The summed E-state index contributed by atoms with van der Waals surface area (Å²) in [5.74, 6) is -2.16. The largest absolute Gasteiger partial charge is 0.479 e. The van der Waals surface area contributed by atoms with E-state index in [0.29, 0.717) is 6.92 Å². The Morgan fingerprint density at radius 1 is 1.42 bits per heavy atom. The quantitative estimate of drug-likeness (QED) is 0.787. The molecule has 0 aromatic rings. The molecule has 9 heteroatoms. The number of urea groups is 1.